The van der Waals surface area contributed by atoms with E-state index in [0.29, 0.717) is 28.8 Å². The van der Waals surface area contributed by atoms with E-state index in [4.69, 9.17) is 21.4 Å². The number of nitrogens with zero attached hydrogens (tertiary/aromatic N) is 2. The van der Waals surface area contributed by atoms with Crippen LogP contribution in [0.5, 0.6) is 5.88 Å². The molecular weight excluding hydrogens is 292 g/mol. The number of carbonyl (C=O) groups is 1. The maximum Gasteiger partial charge on any atom is 0.356 e. The summed E-state index contributed by atoms with van der Waals surface area (Å²) in [6, 6.07) is 6.93. The first-order valence-corrected chi connectivity index (χ1v) is 6.98. The molecule has 2 rings (SSSR count). The van der Waals surface area contributed by atoms with Gasteiger partial charge in [0.05, 0.1) is 12.8 Å². The molecule has 1 N–H and O–H groups in total. The van der Waals surface area contributed by atoms with Crippen LogP contribution in [-0.2, 0) is 0 Å². The molecule has 1 aromatic heterocycles. The molecule has 0 bridgehead atoms. The van der Waals surface area contributed by atoms with Gasteiger partial charge < -0.3 is 9.84 Å². The van der Waals surface area contributed by atoms with Crippen LogP contribution in [0.3, 0.4) is 0 Å². The van der Waals surface area contributed by atoms with Gasteiger partial charge in [0.25, 0.3) is 0 Å². The summed E-state index contributed by atoms with van der Waals surface area (Å²) >= 11 is 5.86. The van der Waals surface area contributed by atoms with E-state index >= 15 is 0 Å². The topological polar surface area (TPSA) is 72.3 Å². The van der Waals surface area contributed by atoms with Crippen molar-refractivity contribution in [3.05, 3.63) is 41.2 Å². The van der Waals surface area contributed by atoms with Crippen molar-refractivity contribution in [2.75, 3.05) is 6.61 Å². The van der Waals surface area contributed by atoms with Crippen LogP contribution < -0.4 is 4.74 Å². The monoisotopic (exact) mass is 306 g/mol. The van der Waals surface area contributed by atoms with Crippen LogP contribution in [0.15, 0.2) is 30.5 Å². The van der Waals surface area contributed by atoms with Gasteiger partial charge in [0.15, 0.2) is 5.69 Å². The van der Waals surface area contributed by atoms with Crippen molar-refractivity contribution in [1.82, 2.24) is 9.97 Å². The van der Waals surface area contributed by atoms with Gasteiger partial charge in [0.2, 0.25) is 5.88 Å². The number of aromatic carboxylic acids is 1. The summed E-state index contributed by atoms with van der Waals surface area (Å²) in [5.74, 6) is -0.798. The van der Waals surface area contributed by atoms with Gasteiger partial charge in [-0.15, -0.1) is 0 Å². The average molecular weight is 307 g/mol. The van der Waals surface area contributed by atoms with Crippen LogP contribution in [0.4, 0.5) is 0 Å². The Morgan fingerprint density at radius 2 is 2.05 bits per heavy atom. The predicted octanol–water partition coefficient (Wildman–Crippen LogP) is 3.67. The van der Waals surface area contributed by atoms with Gasteiger partial charge in [-0.1, -0.05) is 37.1 Å². The van der Waals surface area contributed by atoms with Gasteiger partial charge in [0, 0.05) is 10.6 Å². The molecule has 0 amide bonds. The minimum Gasteiger partial charge on any atom is -0.476 e. The average Bonchev–Trinajstić information content (AvgIpc) is 2.48. The summed E-state index contributed by atoms with van der Waals surface area (Å²) in [5.41, 5.74) is 0.993. The highest BCUT2D eigenvalue weighted by Crippen LogP contribution is 2.27. The van der Waals surface area contributed by atoms with Gasteiger partial charge in [-0.3, -0.25) is 0 Å². The summed E-state index contributed by atoms with van der Waals surface area (Å²) in [4.78, 5) is 19.2. The molecule has 0 radical (unpaired) electrons. The third kappa shape index (κ3) is 3.92. The lowest BCUT2D eigenvalue weighted by atomic mass is 10.1. The van der Waals surface area contributed by atoms with Crippen molar-refractivity contribution in [3.8, 4) is 17.1 Å². The predicted molar refractivity (Wildman–Crippen MR) is 79.8 cm³/mol. The molecule has 5 nitrogen and oxygen atoms in total. The van der Waals surface area contributed by atoms with E-state index in [-0.39, 0.29) is 5.69 Å². The fourth-order valence-corrected chi connectivity index (χ4v) is 1.82. The molecule has 0 aliphatic carbocycles. The smallest absolute Gasteiger partial charge is 0.356 e. The molecule has 0 aliphatic heterocycles. The summed E-state index contributed by atoms with van der Waals surface area (Å²) < 4.78 is 5.60. The van der Waals surface area contributed by atoms with E-state index in [2.05, 4.69) is 16.9 Å². The molecule has 0 saturated carbocycles. The van der Waals surface area contributed by atoms with E-state index < -0.39 is 5.97 Å². The lowest BCUT2D eigenvalue weighted by Gasteiger charge is -2.10. The Bertz CT molecular complexity index is 629. The summed E-state index contributed by atoms with van der Waals surface area (Å²) in [5, 5.41) is 9.63. The molecule has 0 saturated heterocycles. The second-order valence-electron chi connectivity index (χ2n) is 4.42. The Hall–Kier alpha value is -2.14. The van der Waals surface area contributed by atoms with Gasteiger partial charge >= 0.3 is 5.97 Å². The largest absolute Gasteiger partial charge is 0.476 e. The molecule has 0 aliphatic rings. The van der Waals surface area contributed by atoms with Crippen molar-refractivity contribution in [1.29, 1.82) is 0 Å². The molecule has 110 valence electrons. The first kappa shape index (κ1) is 15.3. The van der Waals surface area contributed by atoms with E-state index in [9.17, 15) is 4.79 Å². The highest BCUT2D eigenvalue weighted by molar-refractivity contribution is 6.30. The second-order valence-corrected chi connectivity index (χ2v) is 4.86. The molecule has 0 fully saturated rings. The number of ether oxygens (including phenoxy) is 1. The zero-order valence-corrected chi connectivity index (χ0v) is 12.3. The number of benzene rings is 1. The van der Waals surface area contributed by atoms with Crippen LogP contribution in [0.1, 0.15) is 30.3 Å². The van der Waals surface area contributed by atoms with Crippen LogP contribution in [0.2, 0.25) is 5.02 Å². The molecule has 0 atom stereocenters. The fourth-order valence-electron chi connectivity index (χ4n) is 1.70. The third-order valence-electron chi connectivity index (χ3n) is 2.81. The zero-order valence-electron chi connectivity index (χ0n) is 11.5. The number of hydrogen-bond donors (Lipinski definition) is 1. The lowest BCUT2D eigenvalue weighted by molar-refractivity contribution is 0.0690. The van der Waals surface area contributed by atoms with Gasteiger partial charge in [-0.05, 0) is 18.6 Å². The van der Waals surface area contributed by atoms with Crippen molar-refractivity contribution >= 4 is 17.6 Å². The Labute approximate surface area is 127 Å². The van der Waals surface area contributed by atoms with Gasteiger partial charge in [-0.25, -0.2) is 14.8 Å². The number of rotatable bonds is 6. The highest BCUT2D eigenvalue weighted by Gasteiger charge is 2.14. The maximum absolute atomic E-state index is 11.0. The normalized spacial score (nSPS) is 10.4. The highest BCUT2D eigenvalue weighted by atomic mass is 35.5. The second kappa shape index (κ2) is 7.04. The van der Waals surface area contributed by atoms with E-state index in [1.165, 1.54) is 6.20 Å². The van der Waals surface area contributed by atoms with Crippen molar-refractivity contribution in [3.63, 3.8) is 0 Å². The Morgan fingerprint density at radius 3 is 2.67 bits per heavy atom. The number of halogens is 1. The number of carboxylic acids is 1. The Morgan fingerprint density at radius 1 is 1.33 bits per heavy atom. The first-order chi connectivity index (χ1) is 10.1. The summed E-state index contributed by atoms with van der Waals surface area (Å²) in [6.07, 6.45) is 3.09. The first-order valence-electron chi connectivity index (χ1n) is 6.61. The van der Waals surface area contributed by atoms with Gasteiger partial charge in [-0.2, -0.15) is 0 Å². The van der Waals surface area contributed by atoms with Gasteiger partial charge in [0.1, 0.15) is 5.69 Å². The molecule has 0 unspecified atom stereocenters. The Balaban J connectivity index is 2.40. The lowest BCUT2D eigenvalue weighted by Crippen LogP contribution is -2.07. The van der Waals surface area contributed by atoms with Crippen LogP contribution >= 0.6 is 11.6 Å². The van der Waals surface area contributed by atoms with Crippen molar-refractivity contribution < 1.29 is 14.6 Å². The van der Waals surface area contributed by atoms with Crippen LogP contribution in [0, 0.1) is 0 Å². The molecule has 6 heteroatoms. The molecule has 2 aromatic rings. The van der Waals surface area contributed by atoms with E-state index in [1.807, 2.05) is 0 Å². The summed E-state index contributed by atoms with van der Waals surface area (Å²) in [6.45, 7) is 2.57. The van der Waals surface area contributed by atoms with E-state index in [1.54, 1.807) is 24.3 Å². The molecule has 1 aromatic carbocycles. The fraction of sp³-hybridized carbons (Fsp3) is 0.267. The van der Waals surface area contributed by atoms with Crippen molar-refractivity contribution in [2.24, 2.45) is 0 Å². The van der Waals surface area contributed by atoms with Crippen molar-refractivity contribution in [2.45, 2.75) is 19.8 Å². The third-order valence-corrected chi connectivity index (χ3v) is 3.06. The minimum atomic E-state index is -1.13. The quantitative estimate of drug-likeness (QED) is 0.824. The van der Waals surface area contributed by atoms with E-state index in [0.717, 1.165) is 12.8 Å². The SMILES string of the molecule is CCCCOc1ncc(C(=O)O)nc1-c1ccc(Cl)cc1. The molecule has 21 heavy (non-hydrogen) atoms. The number of aromatic nitrogens is 2. The maximum atomic E-state index is 11.0. The Kier molecular flexibility index (Phi) is 5.11. The summed E-state index contributed by atoms with van der Waals surface area (Å²) in [7, 11) is 0. The minimum absolute atomic E-state index is 0.122. The standard InChI is InChI=1S/C15H15ClN2O3/c1-2-3-8-21-14-13(10-4-6-11(16)7-5-10)18-12(9-17-14)15(19)20/h4-7,9H,2-3,8H2,1H3,(H,19,20). The molecular formula is C15H15ClN2O3. The number of unbranched alkanes of at least 4 members (excludes halogenated alkanes) is 1. The number of carboxylic acid groups (broad SMARTS) is 1. The molecule has 1 heterocycles. The van der Waals surface area contributed by atoms with Crippen LogP contribution in [-0.4, -0.2) is 27.7 Å². The molecule has 0 spiro atoms. The number of hydrogen-bond acceptors (Lipinski definition) is 4. The van der Waals surface area contributed by atoms with Crippen LogP contribution in [0.25, 0.3) is 11.3 Å². The zero-order chi connectivity index (χ0) is 15.2.